The predicted molar refractivity (Wildman–Crippen MR) is 76.9 cm³/mol. The van der Waals surface area contributed by atoms with Crippen LogP contribution in [0.25, 0.3) is 0 Å². The summed E-state index contributed by atoms with van der Waals surface area (Å²) in [6.45, 7) is 7.10. The van der Waals surface area contributed by atoms with Gasteiger partial charge in [0.15, 0.2) is 5.11 Å². The number of hydrogen-bond acceptors (Lipinski definition) is 2. The number of nitrogens with zero attached hydrogens (tertiary/aromatic N) is 1. The Morgan fingerprint density at radius 2 is 1.88 bits per heavy atom. The van der Waals surface area contributed by atoms with E-state index in [-0.39, 0.29) is 0 Å². The average molecular weight is 251 g/mol. The maximum atomic E-state index is 5.50. The topological polar surface area (TPSA) is 41.3 Å². The van der Waals surface area contributed by atoms with Gasteiger partial charge in [-0.1, -0.05) is 44.2 Å². The lowest BCUT2D eigenvalue weighted by atomic mass is 10.1. The molecule has 0 saturated carbocycles. The molecule has 0 aliphatic carbocycles. The van der Waals surface area contributed by atoms with Gasteiger partial charge in [0.2, 0.25) is 0 Å². The normalized spacial score (nSPS) is 12.4. The molecule has 17 heavy (non-hydrogen) atoms. The van der Waals surface area contributed by atoms with E-state index in [9.17, 15) is 0 Å². The van der Waals surface area contributed by atoms with Crippen molar-refractivity contribution in [3.63, 3.8) is 0 Å². The third-order valence-corrected chi connectivity index (χ3v) is 3.05. The smallest absolute Gasteiger partial charge is 0.163 e. The van der Waals surface area contributed by atoms with Crippen LogP contribution in [0.3, 0.4) is 0 Å². The maximum absolute atomic E-state index is 5.50. The SMILES string of the molecule is CCN(CC)C(CNC(N)=S)c1ccccc1. The zero-order valence-corrected chi connectivity index (χ0v) is 11.3. The molecule has 4 heteroatoms. The molecule has 0 aromatic heterocycles. The van der Waals surface area contributed by atoms with Crippen LogP contribution in [0.2, 0.25) is 0 Å². The van der Waals surface area contributed by atoms with E-state index in [2.05, 4.69) is 48.3 Å². The lowest BCUT2D eigenvalue weighted by Gasteiger charge is -2.30. The minimum atomic E-state index is 0.313. The van der Waals surface area contributed by atoms with E-state index in [1.165, 1.54) is 5.56 Å². The minimum absolute atomic E-state index is 0.313. The Bertz CT molecular complexity index is 336. The largest absolute Gasteiger partial charge is 0.376 e. The van der Waals surface area contributed by atoms with Gasteiger partial charge in [-0.25, -0.2) is 0 Å². The summed E-state index contributed by atoms with van der Waals surface area (Å²) in [5, 5.41) is 3.42. The van der Waals surface area contributed by atoms with Crippen LogP contribution in [0.4, 0.5) is 0 Å². The summed E-state index contributed by atoms with van der Waals surface area (Å²) in [6, 6.07) is 10.8. The number of nitrogens with two attached hydrogens (primary N) is 1. The molecule has 1 aromatic carbocycles. The number of rotatable bonds is 6. The van der Waals surface area contributed by atoms with Crippen LogP contribution in [0.1, 0.15) is 25.5 Å². The first-order valence-corrected chi connectivity index (χ1v) is 6.42. The zero-order valence-electron chi connectivity index (χ0n) is 10.5. The maximum Gasteiger partial charge on any atom is 0.163 e. The summed E-state index contributed by atoms with van der Waals surface area (Å²) in [7, 11) is 0. The van der Waals surface area contributed by atoms with Gasteiger partial charge < -0.3 is 11.1 Å². The third-order valence-electron chi connectivity index (χ3n) is 2.91. The highest BCUT2D eigenvalue weighted by molar-refractivity contribution is 7.80. The van der Waals surface area contributed by atoms with E-state index in [1.54, 1.807) is 0 Å². The Kier molecular flexibility index (Phi) is 5.94. The van der Waals surface area contributed by atoms with Gasteiger partial charge in [-0.05, 0) is 30.9 Å². The second-order valence-corrected chi connectivity index (χ2v) is 4.33. The van der Waals surface area contributed by atoms with Crippen molar-refractivity contribution in [1.29, 1.82) is 0 Å². The second kappa shape index (κ2) is 7.25. The van der Waals surface area contributed by atoms with Crippen molar-refractivity contribution < 1.29 is 0 Å². The highest BCUT2D eigenvalue weighted by atomic mass is 32.1. The fourth-order valence-electron chi connectivity index (χ4n) is 1.99. The summed E-state index contributed by atoms with van der Waals surface area (Å²) < 4.78 is 0. The van der Waals surface area contributed by atoms with Gasteiger partial charge in [-0.15, -0.1) is 0 Å². The van der Waals surface area contributed by atoms with Crippen molar-refractivity contribution in [2.45, 2.75) is 19.9 Å². The summed E-state index contributed by atoms with van der Waals surface area (Å²) in [5.41, 5.74) is 6.80. The third kappa shape index (κ3) is 4.32. The Balaban J connectivity index is 2.81. The van der Waals surface area contributed by atoms with Crippen molar-refractivity contribution in [2.24, 2.45) is 5.73 Å². The van der Waals surface area contributed by atoms with E-state index >= 15 is 0 Å². The van der Waals surface area contributed by atoms with Crippen LogP contribution in [0.5, 0.6) is 0 Å². The molecule has 3 N–H and O–H groups in total. The molecule has 0 saturated heterocycles. The van der Waals surface area contributed by atoms with Gasteiger partial charge in [0.05, 0.1) is 6.04 Å². The molecule has 1 rings (SSSR count). The Hall–Kier alpha value is -1.13. The fourth-order valence-corrected chi connectivity index (χ4v) is 2.08. The van der Waals surface area contributed by atoms with Crippen molar-refractivity contribution in [3.8, 4) is 0 Å². The summed E-state index contributed by atoms with van der Waals surface area (Å²) in [6.07, 6.45) is 0. The van der Waals surface area contributed by atoms with E-state index < -0.39 is 0 Å². The molecular formula is C13H21N3S. The molecule has 94 valence electrons. The van der Waals surface area contributed by atoms with Crippen LogP contribution in [0.15, 0.2) is 30.3 Å². The van der Waals surface area contributed by atoms with Gasteiger partial charge in [-0.3, -0.25) is 4.90 Å². The number of hydrogen-bond donors (Lipinski definition) is 2. The van der Waals surface area contributed by atoms with Gasteiger partial charge in [0, 0.05) is 6.54 Å². The molecule has 0 aliphatic rings. The number of benzene rings is 1. The molecular weight excluding hydrogens is 230 g/mol. The summed E-state index contributed by atoms with van der Waals surface area (Å²) in [4.78, 5) is 2.39. The van der Waals surface area contributed by atoms with Crippen LogP contribution in [-0.2, 0) is 0 Å². The van der Waals surface area contributed by atoms with Crippen LogP contribution >= 0.6 is 12.2 Å². The van der Waals surface area contributed by atoms with Gasteiger partial charge >= 0.3 is 0 Å². The highest BCUT2D eigenvalue weighted by Crippen LogP contribution is 2.19. The highest BCUT2D eigenvalue weighted by Gasteiger charge is 2.17. The molecule has 1 unspecified atom stereocenters. The van der Waals surface area contributed by atoms with Crippen molar-refractivity contribution >= 4 is 17.3 Å². The van der Waals surface area contributed by atoms with E-state index in [0.717, 1.165) is 19.6 Å². The summed E-state index contributed by atoms with van der Waals surface area (Å²) >= 11 is 4.87. The van der Waals surface area contributed by atoms with Crippen LogP contribution in [0, 0.1) is 0 Å². The lowest BCUT2D eigenvalue weighted by molar-refractivity contribution is 0.219. The van der Waals surface area contributed by atoms with Gasteiger partial charge in [0.25, 0.3) is 0 Å². The Morgan fingerprint density at radius 3 is 2.35 bits per heavy atom. The quantitative estimate of drug-likeness (QED) is 0.758. The fraction of sp³-hybridized carbons (Fsp3) is 0.462. The summed E-state index contributed by atoms with van der Waals surface area (Å²) in [5.74, 6) is 0. The van der Waals surface area contributed by atoms with Gasteiger partial charge in [-0.2, -0.15) is 0 Å². The molecule has 0 spiro atoms. The lowest BCUT2D eigenvalue weighted by Crippen LogP contribution is -2.39. The Labute approximate surface area is 109 Å². The van der Waals surface area contributed by atoms with E-state index in [0.29, 0.717) is 11.2 Å². The predicted octanol–water partition coefficient (Wildman–Crippen LogP) is 1.90. The standard InChI is InChI=1S/C13H21N3S/c1-3-16(4-2)12(10-15-13(14)17)11-8-6-5-7-9-11/h5-9,12H,3-4,10H2,1-2H3,(H3,14,15,17). The monoisotopic (exact) mass is 251 g/mol. The van der Waals surface area contributed by atoms with Crippen LogP contribution in [-0.4, -0.2) is 29.6 Å². The molecule has 0 amide bonds. The second-order valence-electron chi connectivity index (χ2n) is 3.89. The number of nitrogens with one attached hydrogen (secondary N) is 1. The molecule has 3 nitrogen and oxygen atoms in total. The van der Waals surface area contributed by atoms with E-state index in [1.807, 2.05) is 6.07 Å². The zero-order chi connectivity index (χ0) is 12.7. The minimum Gasteiger partial charge on any atom is -0.376 e. The number of thiocarbonyl (C=S) groups is 1. The average Bonchev–Trinajstić information content (AvgIpc) is 2.35. The molecule has 1 atom stereocenters. The molecule has 1 aromatic rings. The molecule has 0 aliphatic heterocycles. The first kappa shape index (κ1) is 13.9. The molecule has 0 fully saturated rings. The van der Waals surface area contributed by atoms with Crippen molar-refractivity contribution in [1.82, 2.24) is 10.2 Å². The number of likely N-dealkylation sites (N-methyl/N-ethyl adjacent to an activating group) is 1. The first-order valence-electron chi connectivity index (χ1n) is 6.01. The molecule has 0 bridgehead atoms. The Morgan fingerprint density at radius 1 is 1.29 bits per heavy atom. The van der Waals surface area contributed by atoms with Gasteiger partial charge in [0.1, 0.15) is 0 Å². The van der Waals surface area contributed by atoms with Crippen LogP contribution < -0.4 is 11.1 Å². The van der Waals surface area contributed by atoms with E-state index in [4.69, 9.17) is 18.0 Å². The molecule has 0 radical (unpaired) electrons. The van der Waals surface area contributed by atoms with Crippen molar-refractivity contribution in [2.75, 3.05) is 19.6 Å². The first-order chi connectivity index (χ1) is 8.19. The van der Waals surface area contributed by atoms with Crippen molar-refractivity contribution in [3.05, 3.63) is 35.9 Å². The molecule has 0 heterocycles.